The molecule has 1 aliphatic rings. The van der Waals surface area contributed by atoms with Crippen molar-refractivity contribution in [3.05, 3.63) is 65.2 Å². The first-order valence-electron chi connectivity index (χ1n) is 8.56. The van der Waals surface area contributed by atoms with Crippen LogP contribution in [0.15, 0.2) is 47.5 Å². The van der Waals surface area contributed by atoms with Crippen LogP contribution in [0.25, 0.3) is 0 Å². The third kappa shape index (κ3) is 4.63. The van der Waals surface area contributed by atoms with Gasteiger partial charge in [-0.15, -0.1) is 0 Å². The SMILES string of the molecule is CCCCS(=O)(=O)Oc1ccc(C2COC(c3c(F)cccc3F)=N2)cc1. The fourth-order valence-electron chi connectivity index (χ4n) is 2.64. The van der Waals surface area contributed by atoms with Crippen molar-refractivity contribution in [1.82, 2.24) is 0 Å². The second-order valence-electron chi connectivity index (χ2n) is 6.13. The molecule has 1 heterocycles. The number of unbranched alkanes of at least 4 members (excludes halogenated alkanes) is 1. The molecule has 0 aromatic heterocycles. The molecule has 27 heavy (non-hydrogen) atoms. The topological polar surface area (TPSA) is 65.0 Å². The number of hydrogen-bond acceptors (Lipinski definition) is 5. The molecule has 0 aliphatic carbocycles. The van der Waals surface area contributed by atoms with Crippen LogP contribution in [0.1, 0.15) is 36.9 Å². The van der Waals surface area contributed by atoms with Gasteiger partial charge in [-0.05, 0) is 36.2 Å². The summed E-state index contributed by atoms with van der Waals surface area (Å²) in [6, 6.07) is 9.47. The molecule has 1 unspecified atom stereocenters. The summed E-state index contributed by atoms with van der Waals surface area (Å²) < 4.78 is 61.8. The molecule has 2 aromatic carbocycles. The summed E-state index contributed by atoms with van der Waals surface area (Å²) in [5.74, 6) is -1.40. The molecule has 0 amide bonds. The Morgan fingerprint density at radius 1 is 1.15 bits per heavy atom. The Hall–Kier alpha value is -2.48. The van der Waals surface area contributed by atoms with Gasteiger partial charge >= 0.3 is 10.1 Å². The number of rotatable bonds is 7. The highest BCUT2D eigenvalue weighted by Gasteiger charge is 2.26. The van der Waals surface area contributed by atoms with Gasteiger partial charge in [0, 0.05) is 0 Å². The number of aliphatic imine (C=N–C) groups is 1. The number of hydrogen-bond donors (Lipinski definition) is 0. The van der Waals surface area contributed by atoms with Crippen LogP contribution in [0, 0.1) is 11.6 Å². The average molecular weight is 395 g/mol. The predicted octanol–water partition coefficient (Wildman–Crippen LogP) is 3.99. The standard InChI is InChI=1S/C19H19F2NO4S/c1-2-3-11-27(23,24)26-14-9-7-13(8-10-14)17-12-25-19(22-17)18-15(20)5-4-6-16(18)21/h4-10,17H,2-3,11-12H2,1H3. The molecule has 0 radical (unpaired) electrons. The maximum atomic E-state index is 13.9. The van der Waals surface area contributed by atoms with Crippen molar-refractivity contribution in [1.29, 1.82) is 0 Å². The van der Waals surface area contributed by atoms with Crippen molar-refractivity contribution in [2.24, 2.45) is 4.99 Å². The lowest BCUT2D eigenvalue weighted by Crippen LogP contribution is -2.13. The van der Waals surface area contributed by atoms with Crippen LogP contribution in [0.5, 0.6) is 5.75 Å². The van der Waals surface area contributed by atoms with Crippen molar-refractivity contribution < 1.29 is 26.1 Å². The molecule has 8 heteroatoms. The Morgan fingerprint density at radius 3 is 2.44 bits per heavy atom. The molecule has 3 rings (SSSR count). The summed E-state index contributed by atoms with van der Waals surface area (Å²) in [6.45, 7) is 2.04. The Labute approximate surface area is 156 Å². The maximum Gasteiger partial charge on any atom is 0.309 e. The van der Waals surface area contributed by atoms with E-state index < -0.39 is 27.8 Å². The third-order valence-electron chi connectivity index (χ3n) is 4.06. The summed E-state index contributed by atoms with van der Waals surface area (Å²) in [5.41, 5.74) is 0.432. The van der Waals surface area contributed by atoms with Crippen LogP contribution in [0.3, 0.4) is 0 Å². The molecule has 5 nitrogen and oxygen atoms in total. The summed E-state index contributed by atoms with van der Waals surface area (Å²) in [4.78, 5) is 4.25. The normalized spacial score (nSPS) is 16.7. The van der Waals surface area contributed by atoms with Gasteiger partial charge in [0.2, 0.25) is 5.90 Å². The van der Waals surface area contributed by atoms with Gasteiger partial charge in [0.1, 0.15) is 35.6 Å². The average Bonchev–Trinajstić information content (AvgIpc) is 3.10. The zero-order chi connectivity index (χ0) is 19.4. The molecule has 144 valence electrons. The van der Waals surface area contributed by atoms with Crippen LogP contribution in [-0.4, -0.2) is 26.7 Å². The number of halogens is 2. The number of nitrogens with zero attached hydrogens (tertiary/aromatic N) is 1. The van der Waals surface area contributed by atoms with Crippen LogP contribution in [0.2, 0.25) is 0 Å². The van der Waals surface area contributed by atoms with Crippen LogP contribution >= 0.6 is 0 Å². The lowest BCUT2D eigenvalue weighted by Gasteiger charge is -2.09. The van der Waals surface area contributed by atoms with E-state index in [1.807, 2.05) is 6.92 Å². The molecule has 0 saturated carbocycles. The van der Waals surface area contributed by atoms with E-state index in [9.17, 15) is 17.2 Å². The van der Waals surface area contributed by atoms with E-state index in [4.69, 9.17) is 8.92 Å². The minimum absolute atomic E-state index is 0.0381. The maximum absolute atomic E-state index is 13.9. The zero-order valence-corrected chi connectivity index (χ0v) is 15.5. The second-order valence-corrected chi connectivity index (χ2v) is 7.82. The van der Waals surface area contributed by atoms with Gasteiger partial charge in [-0.3, -0.25) is 0 Å². The molecule has 0 bridgehead atoms. The molecule has 1 atom stereocenters. The molecule has 1 aliphatic heterocycles. The Bertz CT molecular complexity index is 922. The number of benzene rings is 2. The van der Waals surface area contributed by atoms with Crippen molar-refractivity contribution >= 4 is 16.0 Å². The molecule has 2 aromatic rings. The van der Waals surface area contributed by atoms with E-state index >= 15 is 0 Å². The summed E-state index contributed by atoms with van der Waals surface area (Å²) >= 11 is 0. The monoisotopic (exact) mass is 395 g/mol. The first kappa shape index (κ1) is 19.3. The Kier molecular flexibility index (Phi) is 5.74. The lowest BCUT2D eigenvalue weighted by atomic mass is 10.1. The summed E-state index contributed by atoms with van der Waals surface area (Å²) in [7, 11) is -3.62. The lowest BCUT2D eigenvalue weighted by molar-refractivity contribution is 0.317. The van der Waals surface area contributed by atoms with Crippen LogP contribution in [0.4, 0.5) is 8.78 Å². The minimum Gasteiger partial charge on any atom is -0.475 e. The molecule has 0 saturated heterocycles. The van der Waals surface area contributed by atoms with Crippen molar-refractivity contribution in [3.63, 3.8) is 0 Å². The highest BCUT2D eigenvalue weighted by atomic mass is 32.2. The fourth-order valence-corrected chi connectivity index (χ4v) is 3.77. The Balaban J connectivity index is 1.74. The largest absolute Gasteiger partial charge is 0.475 e. The van der Waals surface area contributed by atoms with Gasteiger partial charge in [0.25, 0.3) is 0 Å². The Morgan fingerprint density at radius 2 is 1.81 bits per heavy atom. The first-order chi connectivity index (χ1) is 12.9. The quantitative estimate of drug-likeness (QED) is 0.665. The van der Waals surface area contributed by atoms with E-state index in [0.717, 1.165) is 24.1 Å². The van der Waals surface area contributed by atoms with Gasteiger partial charge in [0.05, 0.1) is 5.75 Å². The van der Waals surface area contributed by atoms with Gasteiger partial charge in [-0.25, -0.2) is 13.8 Å². The fraction of sp³-hybridized carbons (Fsp3) is 0.316. The minimum atomic E-state index is -3.62. The molecule has 0 N–H and O–H groups in total. The van der Waals surface area contributed by atoms with Gasteiger partial charge in [0.15, 0.2) is 0 Å². The van der Waals surface area contributed by atoms with E-state index in [0.29, 0.717) is 6.42 Å². The van der Waals surface area contributed by atoms with E-state index in [2.05, 4.69) is 4.99 Å². The van der Waals surface area contributed by atoms with E-state index in [-0.39, 0.29) is 29.6 Å². The third-order valence-corrected chi connectivity index (χ3v) is 5.30. The summed E-state index contributed by atoms with van der Waals surface area (Å²) in [5, 5.41) is 0. The van der Waals surface area contributed by atoms with Gasteiger partial charge in [-0.2, -0.15) is 8.42 Å². The van der Waals surface area contributed by atoms with Gasteiger partial charge in [-0.1, -0.05) is 31.5 Å². The highest BCUT2D eigenvalue weighted by molar-refractivity contribution is 7.87. The molecule has 0 fully saturated rings. The van der Waals surface area contributed by atoms with Crippen LogP contribution in [-0.2, 0) is 14.9 Å². The number of ether oxygens (including phenoxy) is 1. The smallest absolute Gasteiger partial charge is 0.309 e. The summed E-state index contributed by atoms with van der Waals surface area (Å²) in [6.07, 6.45) is 1.29. The van der Waals surface area contributed by atoms with Crippen LogP contribution < -0.4 is 4.18 Å². The van der Waals surface area contributed by atoms with E-state index in [1.165, 1.54) is 18.2 Å². The highest BCUT2D eigenvalue weighted by Crippen LogP contribution is 2.28. The molecular formula is C19H19F2NO4S. The predicted molar refractivity (Wildman–Crippen MR) is 97.4 cm³/mol. The van der Waals surface area contributed by atoms with Crippen molar-refractivity contribution in [2.75, 3.05) is 12.4 Å². The zero-order valence-electron chi connectivity index (χ0n) is 14.7. The van der Waals surface area contributed by atoms with E-state index in [1.54, 1.807) is 12.1 Å². The van der Waals surface area contributed by atoms with Crippen molar-refractivity contribution in [2.45, 2.75) is 25.8 Å². The van der Waals surface area contributed by atoms with Gasteiger partial charge < -0.3 is 8.92 Å². The van der Waals surface area contributed by atoms with Crippen molar-refractivity contribution in [3.8, 4) is 5.75 Å². The molecular weight excluding hydrogens is 376 g/mol. The first-order valence-corrected chi connectivity index (χ1v) is 10.1. The second kappa shape index (κ2) is 8.04. The molecule has 0 spiro atoms.